The number of aryl methyl sites for hydroxylation is 1. The molecule has 5 nitrogen and oxygen atoms in total. The Hall–Kier alpha value is -1.74. The Labute approximate surface area is 141 Å². The average Bonchev–Trinajstić information content (AvgIpc) is 3.21. The van der Waals surface area contributed by atoms with Crippen LogP contribution in [-0.2, 0) is 16.6 Å². The Kier molecular flexibility index (Phi) is 4.48. The van der Waals surface area contributed by atoms with Crippen LogP contribution in [0.2, 0.25) is 0 Å². The molecule has 130 valence electrons. The van der Waals surface area contributed by atoms with Gasteiger partial charge >= 0.3 is 6.18 Å². The molecule has 1 saturated heterocycles. The van der Waals surface area contributed by atoms with Crippen molar-refractivity contribution in [2.24, 2.45) is 0 Å². The summed E-state index contributed by atoms with van der Waals surface area (Å²) >= 11 is 1.24. The number of hydrogen-bond acceptors (Lipinski definition) is 5. The van der Waals surface area contributed by atoms with Gasteiger partial charge in [0.15, 0.2) is 12.0 Å². The molecule has 9 heteroatoms. The lowest BCUT2D eigenvalue weighted by atomic mass is 10.0. The molecule has 1 unspecified atom stereocenters. The number of piperidine rings is 1. The van der Waals surface area contributed by atoms with Gasteiger partial charge in [0.05, 0.1) is 0 Å². The van der Waals surface area contributed by atoms with Crippen LogP contribution in [-0.4, -0.2) is 39.0 Å². The van der Waals surface area contributed by atoms with Gasteiger partial charge in [-0.2, -0.15) is 18.3 Å². The number of carbonyl (C=O) groups excluding carboxylic acids is 1. The lowest BCUT2D eigenvalue weighted by Gasteiger charge is -2.41. The number of nitrogens with zero attached hydrogens (tertiary/aromatic N) is 4. The third-order valence-corrected chi connectivity index (χ3v) is 5.14. The van der Waals surface area contributed by atoms with E-state index in [1.165, 1.54) is 22.9 Å². The minimum absolute atomic E-state index is 0.273. The van der Waals surface area contributed by atoms with E-state index < -0.39 is 17.5 Å². The molecule has 24 heavy (non-hydrogen) atoms. The van der Waals surface area contributed by atoms with Crippen LogP contribution in [0, 0.1) is 6.92 Å². The maximum Gasteiger partial charge on any atom is 0.435 e. The fourth-order valence-corrected chi connectivity index (χ4v) is 3.94. The number of aldehydes is 1. The first-order valence-electron chi connectivity index (χ1n) is 7.65. The van der Waals surface area contributed by atoms with Crippen LogP contribution in [0.15, 0.2) is 17.6 Å². The third-order valence-electron chi connectivity index (χ3n) is 4.25. The monoisotopic (exact) mass is 358 g/mol. The molecule has 0 aromatic carbocycles. The highest BCUT2D eigenvalue weighted by Gasteiger charge is 2.46. The second-order valence-corrected chi connectivity index (χ2v) is 6.70. The fourth-order valence-electron chi connectivity index (χ4n) is 3.13. The molecule has 3 rings (SSSR count). The molecule has 0 bridgehead atoms. The predicted molar refractivity (Wildman–Crippen MR) is 82.6 cm³/mol. The maximum absolute atomic E-state index is 13.1. The number of alkyl halides is 3. The quantitative estimate of drug-likeness (QED) is 0.789. The summed E-state index contributed by atoms with van der Waals surface area (Å²) in [5, 5.41) is 5.88. The van der Waals surface area contributed by atoms with Gasteiger partial charge in [-0.25, -0.2) is 9.67 Å². The number of rotatable bonds is 4. The lowest BCUT2D eigenvalue weighted by Crippen LogP contribution is -2.55. The zero-order chi connectivity index (χ0) is 17.4. The summed E-state index contributed by atoms with van der Waals surface area (Å²) in [7, 11) is 0. The average molecular weight is 358 g/mol. The van der Waals surface area contributed by atoms with E-state index in [0.717, 1.165) is 25.3 Å². The summed E-state index contributed by atoms with van der Waals surface area (Å²) in [5.41, 5.74) is -2.16. The van der Waals surface area contributed by atoms with Crippen molar-refractivity contribution in [1.29, 1.82) is 0 Å². The van der Waals surface area contributed by atoms with E-state index in [1.807, 2.05) is 4.90 Å². The van der Waals surface area contributed by atoms with Crippen molar-refractivity contribution in [1.82, 2.24) is 19.7 Å². The van der Waals surface area contributed by atoms with Crippen LogP contribution >= 0.6 is 11.3 Å². The van der Waals surface area contributed by atoms with E-state index in [0.29, 0.717) is 24.4 Å². The summed E-state index contributed by atoms with van der Waals surface area (Å²) in [5.74, 6) is 0. The number of aromatic nitrogens is 3. The van der Waals surface area contributed by atoms with Gasteiger partial charge in [0.25, 0.3) is 0 Å². The largest absolute Gasteiger partial charge is 0.435 e. The van der Waals surface area contributed by atoms with Gasteiger partial charge < -0.3 is 0 Å². The summed E-state index contributed by atoms with van der Waals surface area (Å²) in [6, 6.07) is 0.968. The molecule has 0 aliphatic carbocycles. The van der Waals surface area contributed by atoms with Crippen LogP contribution in [0.1, 0.15) is 35.7 Å². The first-order chi connectivity index (χ1) is 11.4. The molecule has 0 N–H and O–H groups in total. The molecule has 0 radical (unpaired) electrons. The Balaban J connectivity index is 2.18. The molecule has 1 aliphatic rings. The Morgan fingerprint density at radius 3 is 2.46 bits per heavy atom. The molecule has 1 aliphatic heterocycles. The zero-order valence-corrected chi connectivity index (χ0v) is 13.9. The normalized spacial score (nSPS) is 19.2. The standard InChI is InChI=1S/C15H17F3N4OS/c1-11-9-12(15(16,17)18)20-22(11)14(10-23,13-19-5-8-24-13)21-6-3-2-4-7-21/h5,8-10H,2-4,6-7H2,1H3. The van der Waals surface area contributed by atoms with Crippen molar-refractivity contribution >= 4 is 17.6 Å². The number of thiazole rings is 1. The molecular formula is C15H17F3N4OS. The van der Waals surface area contributed by atoms with Gasteiger partial charge in [-0.3, -0.25) is 9.69 Å². The van der Waals surface area contributed by atoms with Gasteiger partial charge in [-0.1, -0.05) is 6.42 Å². The zero-order valence-electron chi connectivity index (χ0n) is 13.1. The van der Waals surface area contributed by atoms with Gasteiger partial charge in [0, 0.05) is 30.4 Å². The second-order valence-electron chi connectivity index (χ2n) is 5.81. The van der Waals surface area contributed by atoms with E-state index in [2.05, 4.69) is 10.1 Å². The fraction of sp³-hybridized carbons (Fsp3) is 0.533. The summed E-state index contributed by atoms with van der Waals surface area (Å²) in [6.07, 6.45) is 0.453. The minimum atomic E-state index is -4.56. The van der Waals surface area contributed by atoms with Crippen LogP contribution < -0.4 is 0 Å². The second kappa shape index (κ2) is 6.29. The SMILES string of the molecule is Cc1cc(C(F)(F)F)nn1C(C=O)(c1nccs1)N1CCCCC1. The molecular weight excluding hydrogens is 341 g/mol. The molecule has 2 aromatic heterocycles. The van der Waals surface area contributed by atoms with Crippen molar-refractivity contribution in [3.05, 3.63) is 34.0 Å². The van der Waals surface area contributed by atoms with Crippen LogP contribution in [0.4, 0.5) is 13.2 Å². The predicted octanol–water partition coefficient (Wildman–Crippen LogP) is 3.05. The molecule has 2 aromatic rings. The Morgan fingerprint density at radius 2 is 1.96 bits per heavy atom. The van der Waals surface area contributed by atoms with Gasteiger partial charge in [-0.15, -0.1) is 11.3 Å². The van der Waals surface area contributed by atoms with Crippen molar-refractivity contribution in [2.45, 2.75) is 38.0 Å². The number of carbonyl (C=O) groups is 1. The minimum Gasteiger partial charge on any atom is -0.299 e. The summed E-state index contributed by atoms with van der Waals surface area (Å²) < 4.78 is 40.4. The summed E-state index contributed by atoms with van der Waals surface area (Å²) in [6.45, 7) is 2.75. The highest BCUT2D eigenvalue weighted by Crippen LogP contribution is 2.36. The molecule has 0 spiro atoms. The van der Waals surface area contributed by atoms with Crippen molar-refractivity contribution in [3.8, 4) is 0 Å². The molecule has 0 amide bonds. The first-order valence-corrected chi connectivity index (χ1v) is 8.53. The maximum atomic E-state index is 13.1. The number of likely N-dealkylation sites (tertiary alicyclic amines) is 1. The highest BCUT2D eigenvalue weighted by molar-refractivity contribution is 7.09. The third kappa shape index (κ3) is 2.75. The van der Waals surface area contributed by atoms with E-state index in [9.17, 15) is 18.0 Å². The molecule has 0 saturated carbocycles. The van der Waals surface area contributed by atoms with E-state index in [1.54, 1.807) is 11.6 Å². The highest BCUT2D eigenvalue weighted by atomic mass is 32.1. The van der Waals surface area contributed by atoms with Gasteiger partial charge in [0.2, 0.25) is 5.66 Å². The molecule has 1 fully saturated rings. The molecule has 1 atom stereocenters. The Bertz CT molecular complexity index is 707. The summed E-state index contributed by atoms with van der Waals surface area (Å²) in [4.78, 5) is 18.3. The van der Waals surface area contributed by atoms with Crippen molar-refractivity contribution in [2.75, 3.05) is 13.1 Å². The smallest absolute Gasteiger partial charge is 0.299 e. The lowest BCUT2D eigenvalue weighted by molar-refractivity contribution is -0.142. The van der Waals surface area contributed by atoms with Crippen molar-refractivity contribution in [3.63, 3.8) is 0 Å². The van der Waals surface area contributed by atoms with Crippen LogP contribution in [0.25, 0.3) is 0 Å². The first kappa shape index (κ1) is 17.1. The number of halogens is 3. The van der Waals surface area contributed by atoms with E-state index >= 15 is 0 Å². The van der Waals surface area contributed by atoms with E-state index in [-0.39, 0.29) is 5.69 Å². The number of hydrogen-bond donors (Lipinski definition) is 0. The van der Waals surface area contributed by atoms with Gasteiger partial charge in [0.1, 0.15) is 5.01 Å². The van der Waals surface area contributed by atoms with E-state index in [4.69, 9.17) is 0 Å². The Morgan fingerprint density at radius 1 is 1.25 bits per heavy atom. The van der Waals surface area contributed by atoms with Crippen LogP contribution in [0.3, 0.4) is 0 Å². The molecule has 3 heterocycles. The van der Waals surface area contributed by atoms with Crippen molar-refractivity contribution < 1.29 is 18.0 Å². The van der Waals surface area contributed by atoms with Gasteiger partial charge in [-0.05, 0) is 25.8 Å². The topological polar surface area (TPSA) is 51.0 Å². The van der Waals surface area contributed by atoms with Crippen LogP contribution in [0.5, 0.6) is 0 Å².